The lowest BCUT2D eigenvalue weighted by molar-refractivity contribution is 0.529. The van der Waals surface area contributed by atoms with Gasteiger partial charge in [-0.2, -0.15) is 0 Å². The number of hydrogen-bond donors (Lipinski definition) is 1. The van der Waals surface area contributed by atoms with Crippen LogP contribution in [0.25, 0.3) is 0 Å². The third kappa shape index (κ3) is 5.46. The summed E-state index contributed by atoms with van der Waals surface area (Å²) in [5.74, 6) is 0. The molecule has 0 aromatic heterocycles. The number of nitrogens with two attached hydrogens (primary N) is 1. The molecule has 0 aliphatic carbocycles. The van der Waals surface area contributed by atoms with Crippen molar-refractivity contribution in [3.63, 3.8) is 0 Å². The molecule has 0 saturated heterocycles. The van der Waals surface area contributed by atoms with Gasteiger partial charge in [-0.15, -0.1) is 0 Å². The second-order valence-corrected chi connectivity index (χ2v) is 1.97. The van der Waals surface area contributed by atoms with Crippen LogP contribution in [0, 0.1) is 0 Å². The first kappa shape index (κ1) is 8.59. The van der Waals surface area contributed by atoms with Crippen molar-refractivity contribution >= 4 is 6.29 Å². The number of nitrogens with one attached hydrogen (secondary N) is 1. The summed E-state index contributed by atoms with van der Waals surface area (Å²) in [5.41, 5.74) is 12.0. The molecule has 3 heteroatoms. The van der Waals surface area contributed by atoms with Crippen LogP contribution in [-0.2, 0) is 4.79 Å². The standard InChI is InChI=1S/C6H12N2O/c7-4-2-1-3-6(8)5-9/h6-7H,1-4,8H2. The summed E-state index contributed by atoms with van der Waals surface area (Å²) in [5, 5.41) is 0. The Morgan fingerprint density at radius 1 is 1.56 bits per heavy atom. The van der Waals surface area contributed by atoms with Crippen LogP contribution in [0.3, 0.4) is 0 Å². The first-order valence-electron chi connectivity index (χ1n) is 3.09. The monoisotopic (exact) mass is 128 g/mol. The molecule has 0 aliphatic heterocycles. The number of unbranched alkanes of at least 4 members (excludes halogenated alkanes) is 1. The fourth-order valence-electron chi connectivity index (χ4n) is 0.548. The summed E-state index contributed by atoms with van der Waals surface area (Å²) in [4.78, 5) is 9.80. The van der Waals surface area contributed by atoms with Crippen LogP contribution in [-0.4, -0.2) is 18.9 Å². The number of rotatable bonds is 5. The fraction of sp³-hybridized carbons (Fsp3) is 0.833. The van der Waals surface area contributed by atoms with Gasteiger partial charge in [-0.3, -0.25) is 10.5 Å². The third-order valence-electron chi connectivity index (χ3n) is 1.09. The highest BCUT2D eigenvalue weighted by molar-refractivity contribution is 5.57. The highest BCUT2D eigenvalue weighted by Crippen LogP contribution is 1.94. The Labute approximate surface area is 55.4 Å². The Bertz CT molecular complexity index is 75.5. The Kier molecular flexibility index (Phi) is 5.46. The second kappa shape index (κ2) is 5.72. The maximum absolute atomic E-state index is 9.80. The minimum absolute atomic E-state index is 0.422. The third-order valence-corrected chi connectivity index (χ3v) is 1.09. The summed E-state index contributed by atoms with van der Waals surface area (Å²) in [6.45, 7) is 0.422. The van der Waals surface area contributed by atoms with E-state index < -0.39 is 6.04 Å². The van der Waals surface area contributed by atoms with Crippen molar-refractivity contribution in [1.82, 2.24) is 5.73 Å². The molecular weight excluding hydrogens is 116 g/mol. The van der Waals surface area contributed by atoms with Crippen molar-refractivity contribution in [2.45, 2.75) is 25.3 Å². The summed E-state index contributed by atoms with van der Waals surface area (Å²) >= 11 is 0. The molecular formula is C6H12N2O. The molecule has 0 amide bonds. The van der Waals surface area contributed by atoms with E-state index in [-0.39, 0.29) is 0 Å². The molecule has 2 radical (unpaired) electrons. The van der Waals surface area contributed by atoms with Gasteiger partial charge in [0, 0.05) is 6.54 Å². The average Bonchev–Trinajstić information content (AvgIpc) is 1.89. The maximum Gasteiger partial charge on any atom is 0.216 e. The van der Waals surface area contributed by atoms with Gasteiger partial charge in [0.05, 0.1) is 6.04 Å². The molecule has 0 aliphatic rings. The predicted molar refractivity (Wildman–Crippen MR) is 35.5 cm³/mol. The van der Waals surface area contributed by atoms with Gasteiger partial charge in [0.15, 0.2) is 0 Å². The molecule has 0 aromatic carbocycles. The van der Waals surface area contributed by atoms with Crippen molar-refractivity contribution in [2.24, 2.45) is 5.73 Å². The molecule has 0 rings (SSSR count). The van der Waals surface area contributed by atoms with Crippen LogP contribution < -0.4 is 11.5 Å². The van der Waals surface area contributed by atoms with Crippen LogP contribution in [0.4, 0.5) is 0 Å². The van der Waals surface area contributed by atoms with Gasteiger partial charge in [0.1, 0.15) is 0 Å². The van der Waals surface area contributed by atoms with E-state index in [1.807, 2.05) is 0 Å². The van der Waals surface area contributed by atoms with Crippen LogP contribution in [0.15, 0.2) is 0 Å². The zero-order valence-electron chi connectivity index (χ0n) is 5.39. The molecule has 3 nitrogen and oxygen atoms in total. The summed E-state index contributed by atoms with van der Waals surface area (Å²) in [6, 6.07) is -0.434. The fourth-order valence-corrected chi connectivity index (χ4v) is 0.548. The molecule has 0 fully saturated rings. The molecule has 9 heavy (non-hydrogen) atoms. The summed E-state index contributed by atoms with van der Waals surface area (Å²) in [6.07, 6.45) is 4.05. The van der Waals surface area contributed by atoms with Crippen molar-refractivity contribution in [1.29, 1.82) is 0 Å². The zero-order valence-corrected chi connectivity index (χ0v) is 5.39. The molecule has 0 heterocycles. The van der Waals surface area contributed by atoms with Crippen molar-refractivity contribution in [2.75, 3.05) is 6.54 Å². The molecule has 0 aromatic rings. The largest absolute Gasteiger partial charge is 0.321 e. The summed E-state index contributed by atoms with van der Waals surface area (Å²) in [7, 11) is 0. The van der Waals surface area contributed by atoms with E-state index in [1.54, 1.807) is 6.29 Å². The van der Waals surface area contributed by atoms with Gasteiger partial charge in [0.25, 0.3) is 0 Å². The SMILES string of the molecule is [NH]CCCCC(N)[C]=O. The first-order valence-corrected chi connectivity index (χ1v) is 3.09. The van der Waals surface area contributed by atoms with E-state index >= 15 is 0 Å². The van der Waals surface area contributed by atoms with Crippen LogP contribution in [0.1, 0.15) is 19.3 Å². The van der Waals surface area contributed by atoms with E-state index in [2.05, 4.69) is 0 Å². The molecule has 0 saturated carbocycles. The highest BCUT2D eigenvalue weighted by Gasteiger charge is 1.98. The minimum Gasteiger partial charge on any atom is -0.321 e. The molecule has 52 valence electrons. The van der Waals surface area contributed by atoms with Crippen LogP contribution in [0.5, 0.6) is 0 Å². The lowest BCUT2D eigenvalue weighted by atomic mass is 10.1. The zero-order chi connectivity index (χ0) is 7.11. The van der Waals surface area contributed by atoms with E-state index in [1.165, 1.54) is 0 Å². The Morgan fingerprint density at radius 2 is 2.22 bits per heavy atom. The van der Waals surface area contributed by atoms with Gasteiger partial charge in [-0.25, -0.2) is 0 Å². The highest BCUT2D eigenvalue weighted by atomic mass is 16.1. The van der Waals surface area contributed by atoms with E-state index in [0.717, 1.165) is 12.8 Å². The average molecular weight is 128 g/mol. The lowest BCUT2D eigenvalue weighted by Crippen LogP contribution is -2.20. The van der Waals surface area contributed by atoms with Crippen molar-refractivity contribution < 1.29 is 4.79 Å². The van der Waals surface area contributed by atoms with Gasteiger partial charge in [-0.05, 0) is 12.8 Å². The smallest absolute Gasteiger partial charge is 0.216 e. The topological polar surface area (TPSA) is 66.9 Å². The Morgan fingerprint density at radius 3 is 2.67 bits per heavy atom. The minimum atomic E-state index is -0.434. The van der Waals surface area contributed by atoms with Crippen molar-refractivity contribution in [3.05, 3.63) is 0 Å². The summed E-state index contributed by atoms with van der Waals surface area (Å²) < 4.78 is 0. The van der Waals surface area contributed by atoms with Crippen LogP contribution in [0.2, 0.25) is 0 Å². The van der Waals surface area contributed by atoms with Crippen LogP contribution >= 0.6 is 0 Å². The van der Waals surface area contributed by atoms with E-state index in [9.17, 15) is 4.79 Å². The Balaban J connectivity index is 2.96. The molecule has 1 unspecified atom stereocenters. The van der Waals surface area contributed by atoms with Gasteiger partial charge < -0.3 is 5.73 Å². The molecule has 0 bridgehead atoms. The second-order valence-electron chi connectivity index (χ2n) is 1.97. The quantitative estimate of drug-likeness (QED) is 0.524. The number of carbonyl (C=O) groups excluding carboxylic acids is 1. The first-order chi connectivity index (χ1) is 4.31. The van der Waals surface area contributed by atoms with Crippen molar-refractivity contribution in [3.8, 4) is 0 Å². The number of hydrogen-bond acceptors (Lipinski definition) is 2. The van der Waals surface area contributed by atoms with E-state index in [4.69, 9.17) is 11.5 Å². The molecule has 1 atom stereocenters. The molecule has 3 N–H and O–H groups in total. The maximum atomic E-state index is 9.80. The van der Waals surface area contributed by atoms with Gasteiger partial charge in [-0.1, -0.05) is 6.42 Å². The normalized spacial score (nSPS) is 13.1. The predicted octanol–water partition coefficient (Wildman–Crippen LogP) is -0.123. The lowest BCUT2D eigenvalue weighted by Gasteiger charge is -1.99. The van der Waals surface area contributed by atoms with E-state index in [0.29, 0.717) is 13.0 Å². The Hall–Kier alpha value is -0.410. The van der Waals surface area contributed by atoms with Gasteiger partial charge >= 0.3 is 0 Å². The molecule has 0 spiro atoms. The van der Waals surface area contributed by atoms with Gasteiger partial charge in [0.2, 0.25) is 6.29 Å².